The smallest absolute Gasteiger partial charge is 0.428 e. The predicted octanol–water partition coefficient (Wildman–Crippen LogP) is 2.47. The van der Waals surface area contributed by atoms with E-state index in [1.807, 2.05) is 0 Å². The van der Waals surface area contributed by atoms with Crippen LogP contribution in [0.1, 0.15) is 27.7 Å². The van der Waals surface area contributed by atoms with Crippen LogP contribution in [-0.2, 0) is 9.47 Å². The second-order valence-corrected chi connectivity index (χ2v) is 3.27. The third-order valence-electron chi connectivity index (χ3n) is 0.647. The summed E-state index contributed by atoms with van der Waals surface area (Å²) in [5, 5.41) is 0. The fraction of sp³-hybridized carbons (Fsp3) is 0.625. The first-order valence-electron chi connectivity index (χ1n) is 3.37. The van der Waals surface area contributed by atoms with Crippen LogP contribution in [0, 0.1) is 0 Å². The zero-order chi connectivity index (χ0) is 9.07. The Morgan fingerprint density at radius 1 is 1.36 bits per heavy atom. The fourth-order valence-electron chi connectivity index (χ4n) is 0.413. The second kappa shape index (κ2) is 3.42. The number of hydrogen-bond donors (Lipinski definition) is 0. The van der Waals surface area contributed by atoms with Crippen molar-refractivity contribution in [2.75, 3.05) is 0 Å². The molecule has 0 heterocycles. The highest BCUT2D eigenvalue weighted by atomic mass is 16.7. The maximum absolute atomic E-state index is 10.8. The zero-order valence-electron chi connectivity index (χ0n) is 7.43. The van der Waals surface area contributed by atoms with Crippen LogP contribution in [0.5, 0.6) is 0 Å². The van der Waals surface area contributed by atoms with Crippen molar-refractivity contribution >= 4 is 6.16 Å². The van der Waals surface area contributed by atoms with Crippen molar-refractivity contribution in [1.29, 1.82) is 0 Å². The molecule has 0 unspecified atom stereocenters. The molecule has 0 aromatic heterocycles. The molecule has 0 rings (SSSR count). The van der Waals surface area contributed by atoms with Crippen LogP contribution in [0.4, 0.5) is 4.79 Å². The van der Waals surface area contributed by atoms with E-state index in [4.69, 9.17) is 4.74 Å². The number of rotatable bonds is 1. The topological polar surface area (TPSA) is 35.5 Å². The number of carbonyl (C=O) groups excluding carboxylic acids is 1. The fourth-order valence-corrected chi connectivity index (χ4v) is 0.413. The Balaban J connectivity index is 3.80. The molecule has 0 amide bonds. The molecular formula is C8H14O3. The molecule has 0 aliphatic carbocycles. The monoisotopic (exact) mass is 158 g/mol. The molecule has 0 aliphatic heterocycles. The molecule has 0 aromatic rings. The molecular weight excluding hydrogens is 144 g/mol. The van der Waals surface area contributed by atoms with Crippen LogP contribution >= 0.6 is 0 Å². The van der Waals surface area contributed by atoms with Crippen molar-refractivity contribution in [2.45, 2.75) is 33.3 Å². The molecule has 11 heavy (non-hydrogen) atoms. The lowest BCUT2D eigenvalue weighted by molar-refractivity contribution is 0.00683. The largest absolute Gasteiger partial charge is 0.514 e. The highest BCUT2D eigenvalue weighted by Gasteiger charge is 2.17. The number of allylic oxidation sites excluding steroid dienone is 1. The molecule has 0 atom stereocenters. The minimum absolute atomic E-state index is 0.333. The van der Waals surface area contributed by atoms with Gasteiger partial charge in [0.05, 0.1) is 0 Å². The summed E-state index contributed by atoms with van der Waals surface area (Å²) in [6, 6.07) is 0. The summed E-state index contributed by atoms with van der Waals surface area (Å²) in [5.74, 6) is 0.333. The second-order valence-electron chi connectivity index (χ2n) is 3.27. The predicted molar refractivity (Wildman–Crippen MR) is 42.1 cm³/mol. The molecule has 0 bridgehead atoms. The number of carbonyl (C=O) groups is 1. The van der Waals surface area contributed by atoms with Gasteiger partial charge in [0, 0.05) is 0 Å². The van der Waals surface area contributed by atoms with Gasteiger partial charge in [0.15, 0.2) is 0 Å². The van der Waals surface area contributed by atoms with Gasteiger partial charge in [0.25, 0.3) is 0 Å². The molecule has 0 fully saturated rings. The number of hydrogen-bond acceptors (Lipinski definition) is 3. The van der Waals surface area contributed by atoms with Gasteiger partial charge in [0.2, 0.25) is 0 Å². The Bertz CT molecular complexity index is 165. The van der Waals surface area contributed by atoms with Crippen LogP contribution < -0.4 is 0 Å². The summed E-state index contributed by atoms with van der Waals surface area (Å²) in [4.78, 5) is 10.8. The summed E-state index contributed by atoms with van der Waals surface area (Å²) >= 11 is 0. The van der Waals surface area contributed by atoms with Gasteiger partial charge in [0.1, 0.15) is 11.4 Å². The molecule has 0 aromatic carbocycles. The molecule has 64 valence electrons. The summed E-state index contributed by atoms with van der Waals surface area (Å²) < 4.78 is 9.40. The third-order valence-corrected chi connectivity index (χ3v) is 0.647. The van der Waals surface area contributed by atoms with Crippen molar-refractivity contribution in [3.05, 3.63) is 12.3 Å². The van der Waals surface area contributed by atoms with Crippen molar-refractivity contribution in [1.82, 2.24) is 0 Å². The molecule has 0 aliphatic rings. The van der Waals surface area contributed by atoms with Crippen LogP contribution in [0.15, 0.2) is 12.3 Å². The van der Waals surface area contributed by atoms with E-state index in [0.29, 0.717) is 5.76 Å². The Labute approximate surface area is 67.0 Å². The maximum Gasteiger partial charge on any atom is 0.514 e. The van der Waals surface area contributed by atoms with Crippen LogP contribution in [-0.4, -0.2) is 11.8 Å². The first kappa shape index (κ1) is 10.0. The van der Waals surface area contributed by atoms with Gasteiger partial charge in [-0.05, 0) is 27.7 Å². The molecule has 0 saturated carbocycles. The summed E-state index contributed by atoms with van der Waals surface area (Å²) in [5.41, 5.74) is -0.507. The van der Waals surface area contributed by atoms with Crippen molar-refractivity contribution in [3.8, 4) is 0 Å². The van der Waals surface area contributed by atoms with E-state index in [-0.39, 0.29) is 0 Å². The molecule has 3 nitrogen and oxygen atoms in total. The third kappa shape index (κ3) is 6.90. The summed E-state index contributed by atoms with van der Waals surface area (Å²) in [7, 11) is 0. The average molecular weight is 158 g/mol. The van der Waals surface area contributed by atoms with Crippen molar-refractivity contribution < 1.29 is 14.3 Å². The van der Waals surface area contributed by atoms with E-state index in [0.717, 1.165) is 0 Å². The lowest BCUT2D eigenvalue weighted by Gasteiger charge is -2.18. The average Bonchev–Trinajstić information content (AvgIpc) is 1.53. The highest BCUT2D eigenvalue weighted by molar-refractivity contribution is 5.61. The van der Waals surface area contributed by atoms with Gasteiger partial charge >= 0.3 is 6.16 Å². The van der Waals surface area contributed by atoms with E-state index in [1.54, 1.807) is 27.7 Å². The number of ether oxygens (including phenoxy) is 2. The normalized spacial score (nSPS) is 10.5. The van der Waals surface area contributed by atoms with Crippen LogP contribution in [0.2, 0.25) is 0 Å². The first-order chi connectivity index (χ1) is 4.81. The maximum atomic E-state index is 10.8. The quantitative estimate of drug-likeness (QED) is 0.434. The van der Waals surface area contributed by atoms with E-state index in [9.17, 15) is 4.79 Å². The minimum Gasteiger partial charge on any atom is -0.428 e. The van der Waals surface area contributed by atoms with Gasteiger partial charge < -0.3 is 9.47 Å². The lowest BCUT2D eigenvalue weighted by Crippen LogP contribution is -2.23. The molecule has 3 heteroatoms. The molecule has 0 saturated heterocycles. The molecule has 0 spiro atoms. The Hall–Kier alpha value is -0.990. The standard InChI is InChI=1S/C8H14O3/c1-6(2)10-7(9)11-8(3,4)5/h1H2,2-5H3. The van der Waals surface area contributed by atoms with E-state index < -0.39 is 11.8 Å². The van der Waals surface area contributed by atoms with Crippen molar-refractivity contribution in [2.24, 2.45) is 0 Å². The van der Waals surface area contributed by atoms with E-state index in [2.05, 4.69) is 11.3 Å². The molecule has 0 radical (unpaired) electrons. The van der Waals surface area contributed by atoms with Crippen LogP contribution in [0.3, 0.4) is 0 Å². The SMILES string of the molecule is C=C(C)OC(=O)OC(C)(C)C. The van der Waals surface area contributed by atoms with Gasteiger partial charge in [-0.3, -0.25) is 0 Å². The van der Waals surface area contributed by atoms with E-state index in [1.165, 1.54) is 0 Å². The summed E-state index contributed by atoms with van der Waals surface area (Å²) in [6.07, 6.45) is -0.704. The first-order valence-corrected chi connectivity index (χ1v) is 3.37. The Kier molecular flexibility index (Phi) is 3.11. The summed E-state index contributed by atoms with van der Waals surface area (Å²) in [6.45, 7) is 10.3. The lowest BCUT2D eigenvalue weighted by atomic mass is 10.2. The van der Waals surface area contributed by atoms with Gasteiger partial charge in [-0.1, -0.05) is 6.58 Å². The van der Waals surface area contributed by atoms with Gasteiger partial charge in [-0.15, -0.1) is 0 Å². The zero-order valence-corrected chi connectivity index (χ0v) is 7.43. The van der Waals surface area contributed by atoms with E-state index >= 15 is 0 Å². The Morgan fingerprint density at radius 2 is 1.82 bits per heavy atom. The van der Waals surface area contributed by atoms with Crippen molar-refractivity contribution in [3.63, 3.8) is 0 Å². The Morgan fingerprint density at radius 3 is 2.09 bits per heavy atom. The van der Waals surface area contributed by atoms with Gasteiger partial charge in [-0.25, -0.2) is 4.79 Å². The van der Waals surface area contributed by atoms with Crippen LogP contribution in [0.25, 0.3) is 0 Å². The minimum atomic E-state index is -0.704. The highest BCUT2D eigenvalue weighted by Crippen LogP contribution is 2.09. The van der Waals surface area contributed by atoms with Gasteiger partial charge in [-0.2, -0.15) is 0 Å². The molecule has 0 N–H and O–H groups in total.